The van der Waals surface area contributed by atoms with Crippen LogP contribution in [0.5, 0.6) is 0 Å². The molecule has 31 heavy (non-hydrogen) atoms. The lowest BCUT2D eigenvalue weighted by atomic mass is 10.1. The number of para-hydroxylation sites is 3. The summed E-state index contributed by atoms with van der Waals surface area (Å²) in [5, 5.41) is 6.59. The Morgan fingerprint density at radius 3 is 2.55 bits per heavy atom. The van der Waals surface area contributed by atoms with Crippen LogP contribution in [0.25, 0.3) is 32.8 Å². The number of aromatic nitrogens is 3. The van der Waals surface area contributed by atoms with Crippen LogP contribution < -0.4 is 5.43 Å². The van der Waals surface area contributed by atoms with Crippen LogP contribution in [0.3, 0.4) is 0 Å². The molecule has 6 heteroatoms. The molecule has 0 saturated heterocycles. The van der Waals surface area contributed by atoms with Gasteiger partial charge in [-0.1, -0.05) is 36.4 Å². The average Bonchev–Trinajstić information content (AvgIpc) is 3.27. The van der Waals surface area contributed by atoms with E-state index in [1.54, 1.807) is 6.21 Å². The van der Waals surface area contributed by atoms with E-state index in [9.17, 15) is 4.79 Å². The monoisotopic (exact) mass is 409 g/mol. The second kappa shape index (κ2) is 7.72. The molecule has 0 saturated carbocycles. The molecule has 5 aromatic rings. The molecule has 5 rings (SSSR count). The van der Waals surface area contributed by atoms with E-state index in [1.165, 1.54) is 21.8 Å². The Bertz CT molecular complexity index is 1460. The maximum absolute atomic E-state index is 12.4. The van der Waals surface area contributed by atoms with Crippen LogP contribution in [-0.2, 0) is 17.9 Å². The van der Waals surface area contributed by atoms with Crippen LogP contribution in [-0.4, -0.2) is 26.2 Å². The zero-order valence-corrected chi connectivity index (χ0v) is 17.5. The van der Waals surface area contributed by atoms with Gasteiger partial charge in [-0.05, 0) is 49.7 Å². The average molecular weight is 409 g/mol. The number of amides is 1. The van der Waals surface area contributed by atoms with Crippen molar-refractivity contribution in [3.8, 4) is 0 Å². The van der Waals surface area contributed by atoms with Crippen molar-refractivity contribution in [3.63, 3.8) is 0 Å². The molecule has 0 aliphatic rings. The van der Waals surface area contributed by atoms with E-state index in [2.05, 4.69) is 63.4 Å². The van der Waals surface area contributed by atoms with Crippen molar-refractivity contribution >= 4 is 45.0 Å². The third-order valence-electron chi connectivity index (χ3n) is 5.66. The maximum atomic E-state index is 12.4. The second-order valence-electron chi connectivity index (χ2n) is 7.57. The highest BCUT2D eigenvalue weighted by molar-refractivity contribution is 6.09. The lowest BCUT2D eigenvalue weighted by molar-refractivity contribution is -0.121. The molecule has 0 fully saturated rings. The molecule has 0 unspecified atom stereocenters. The van der Waals surface area contributed by atoms with Gasteiger partial charge < -0.3 is 9.13 Å². The fourth-order valence-corrected chi connectivity index (χ4v) is 4.25. The fourth-order valence-electron chi connectivity index (χ4n) is 4.25. The lowest BCUT2D eigenvalue weighted by Gasteiger charge is -2.05. The number of carbonyl (C=O) groups is 1. The minimum atomic E-state index is -0.189. The Hall–Kier alpha value is -3.93. The number of carbonyl (C=O) groups excluding carboxylic acids is 1. The number of hydrazone groups is 1. The molecule has 0 radical (unpaired) electrons. The molecule has 2 aromatic heterocycles. The number of benzene rings is 3. The molecule has 0 spiro atoms. The molecule has 6 nitrogen and oxygen atoms in total. The van der Waals surface area contributed by atoms with Gasteiger partial charge in [-0.25, -0.2) is 10.4 Å². The summed E-state index contributed by atoms with van der Waals surface area (Å²) in [4.78, 5) is 16.9. The number of fused-ring (bicyclic) bond motifs is 4. The van der Waals surface area contributed by atoms with E-state index in [0.29, 0.717) is 0 Å². The number of hydrogen-bond acceptors (Lipinski definition) is 3. The smallest absolute Gasteiger partial charge is 0.260 e. The van der Waals surface area contributed by atoms with Crippen molar-refractivity contribution in [2.75, 3.05) is 0 Å². The molecule has 2 heterocycles. The fraction of sp³-hybridized carbons (Fsp3) is 0.160. The Labute approximate surface area is 179 Å². The van der Waals surface area contributed by atoms with Gasteiger partial charge in [0.1, 0.15) is 12.4 Å². The first-order chi connectivity index (χ1) is 15.2. The highest BCUT2D eigenvalue weighted by atomic mass is 16.2. The van der Waals surface area contributed by atoms with Crippen LogP contribution in [0.2, 0.25) is 0 Å². The van der Waals surface area contributed by atoms with Gasteiger partial charge in [-0.2, -0.15) is 5.10 Å². The van der Waals surface area contributed by atoms with E-state index in [-0.39, 0.29) is 12.5 Å². The van der Waals surface area contributed by atoms with Crippen molar-refractivity contribution < 1.29 is 4.79 Å². The molecule has 0 atom stereocenters. The topological polar surface area (TPSA) is 64.2 Å². The highest BCUT2D eigenvalue weighted by Gasteiger charge is 2.11. The molecule has 0 bridgehead atoms. The normalized spacial score (nSPS) is 11.8. The molecule has 1 N–H and O–H groups in total. The Morgan fingerprint density at radius 2 is 1.71 bits per heavy atom. The SMILES string of the molecule is CCn1c2ccccc2c2cc(/C=N\NC(=O)Cn3c(C)nc4ccccc43)ccc21. The molecule has 0 aliphatic heterocycles. The van der Waals surface area contributed by atoms with Crippen molar-refractivity contribution in [2.24, 2.45) is 5.10 Å². The molecule has 3 aromatic carbocycles. The van der Waals surface area contributed by atoms with Gasteiger partial charge in [0.25, 0.3) is 5.91 Å². The number of aryl methyl sites for hydroxylation is 2. The largest absolute Gasteiger partial charge is 0.341 e. The minimum Gasteiger partial charge on any atom is -0.341 e. The van der Waals surface area contributed by atoms with Crippen molar-refractivity contribution in [3.05, 3.63) is 78.1 Å². The van der Waals surface area contributed by atoms with Gasteiger partial charge in [-0.15, -0.1) is 0 Å². The minimum absolute atomic E-state index is 0.173. The molecular formula is C25H23N5O. The summed E-state index contributed by atoms with van der Waals surface area (Å²) in [5.41, 5.74) is 7.84. The molecule has 1 amide bonds. The number of nitrogens with one attached hydrogen (secondary N) is 1. The van der Waals surface area contributed by atoms with Crippen LogP contribution in [0, 0.1) is 6.92 Å². The van der Waals surface area contributed by atoms with Gasteiger partial charge in [0.2, 0.25) is 0 Å². The summed E-state index contributed by atoms with van der Waals surface area (Å²) in [6.07, 6.45) is 1.69. The molecular weight excluding hydrogens is 386 g/mol. The summed E-state index contributed by atoms with van der Waals surface area (Å²) in [7, 11) is 0. The molecule has 154 valence electrons. The quantitative estimate of drug-likeness (QED) is 0.340. The third kappa shape index (κ3) is 3.36. The summed E-state index contributed by atoms with van der Waals surface area (Å²) in [5.74, 6) is 0.615. The second-order valence-corrected chi connectivity index (χ2v) is 7.57. The number of hydrogen-bond donors (Lipinski definition) is 1. The number of nitrogens with zero attached hydrogens (tertiary/aromatic N) is 4. The van der Waals surface area contributed by atoms with Crippen molar-refractivity contribution in [1.82, 2.24) is 19.5 Å². The van der Waals surface area contributed by atoms with E-state index in [1.807, 2.05) is 41.8 Å². The Balaban J connectivity index is 1.36. The van der Waals surface area contributed by atoms with Crippen LogP contribution in [0.15, 0.2) is 71.8 Å². The standard InChI is InChI=1S/C25H23N5O/c1-3-29-22-10-6-4-8-19(22)20-14-18(12-13-23(20)29)15-26-28-25(31)16-30-17(2)27-21-9-5-7-11-24(21)30/h4-15H,3,16H2,1-2H3,(H,28,31)/b26-15-. The van der Waals surface area contributed by atoms with Crippen LogP contribution in [0.1, 0.15) is 18.3 Å². The summed E-state index contributed by atoms with van der Waals surface area (Å²) < 4.78 is 4.21. The maximum Gasteiger partial charge on any atom is 0.260 e. The molecule has 0 aliphatic carbocycles. The number of imidazole rings is 1. The Morgan fingerprint density at radius 1 is 0.968 bits per heavy atom. The third-order valence-corrected chi connectivity index (χ3v) is 5.66. The first kappa shape index (κ1) is 19.1. The first-order valence-electron chi connectivity index (χ1n) is 10.4. The predicted octanol–water partition coefficient (Wildman–Crippen LogP) is 4.62. The Kier molecular flexibility index (Phi) is 4.75. The summed E-state index contributed by atoms with van der Waals surface area (Å²) in [6.45, 7) is 5.14. The first-order valence-corrected chi connectivity index (χ1v) is 10.4. The van der Waals surface area contributed by atoms with E-state index in [0.717, 1.165) is 29.0 Å². The highest BCUT2D eigenvalue weighted by Crippen LogP contribution is 2.29. The van der Waals surface area contributed by atoms with Gasteiger partial charge in [0.15, 0.2) is 0 Å². The van der Waals surface area contributed by atoms with Gasteiger partial charge >= 0.3 is 0 Å². The van der Waals surface area contributed by atoms with Crippen LogP contribution >= 0.6 is 0 Å². The summed E-state index contributed by atoms with van der Waals surface area (Å²) in [6, 6.07) is 22.5. The van der Waals surface area contributed by atoms with Crippen molar-refractivity contribution in [1.29, 1.82) is 0 Å². The summed E-state index contributed by atoms with van der Waals surface area (Å²) >= 11 is 0. The van der Waals surface area contributed by atoms with E-state index < -0.39 is 0 Å². The van der Waals surface area contributed by atoms with Gasteiger partial charge in [-0.3, -0.25) is 4.79 Å². The zero-order valence-electron chi connectivity index (χ0n) is 17.5. The predicted molar refractivity (Wildman–Crippen MR) is 125 cm³/mol. The van der Waals surface area contributed by atoms with Gasteiger partial charge in [0, 0.05) is 28.4 Å². The lowest BCUT2D eigenvalue weighted by Crippen LogP contribution is -2.23. The van der Waals surface area contributed by atoms with Crippen LogP contribution in [0.4, 0.5) is 0 Å². The van der Waals surface area contributed by atoms with Crippen molar-refractivity contribution in [2.45, 2.75) is 26.9 Å². The zero-order chi connectivity index (χ0) is 21.4. The van der Waals surface area contributed by atoms with E-state index >= 15 is 0 Å². The van der Waals surface area contributed by atoms with E-state index in [4.69, 9.17) is 0 Å². The number of rotatable bonds is 5. The van der Waals surface area contributed by atoms with Gasteiger partial charge in [0.05, 0.1) is 17.2 Å².